The highest BCUT2D eigenvalue weighted by Gasteiger charge is 2.31. The summed E-state index contributed by atoms with van der Waals surface area (Å²) in [5.41, 5.74) is 3.65. The number of hydrogen-bond acceptors (Lipinski definition) is 6. The zero-order chi connectivity index (χ0) is 20.5. The Bertz CT molecular complexity index is 1050. The summed E-state index contributed by atoms with van der Waals surface area (Å²) in [5.74, 6) is 2.45. The van der Waals surface area contributed by atoms with Crippen LogP contribution in [-0.4, -0.2) is 39.2 Å². The SMILES string of the molecule is Cc1ccccc1-c1noc(CC2CCCN(C(=O)c3noc4c3CCCC4)C2)n1. The van der Waals surface area contributed by atoms with E-state index >= 15 is 0 Å². The Kier molecular flexibility index (Phi) is 5.11. The third-order valence-corrected chi connectivity index (χ3v) is 6.28. The fraction of sp³-hybridized carbons (Fsp3) is 0.478. The molecule has 0 N–H and O–H groups in total. The molecule has 2 aromatic heterocycles. The number of piperidine rings is 1. The number of benzene rings is 1. The summed E-state index contributed by atoms with van der Waals surface area (Å²) >= 11 is 0. The first-order chi connectivity index (χ1) is 14.7. The van der Waals surface area contributed by atoms with E-state index in [4.69, 9.17) is 9.05 Å². The van der Waals surface area contributed by atoms with Crippen LogP contribution in [0.2, 0.25) is 0 Å². The Hall–Kier alpha value is -2.96. The van der Waals surface area contributed by atoms with Crippen molar-refractivity contribution in [2.75, 3.05) is 13.1 Å². The van der Waals surface area contributed by atoms with Crippen molar-refractivity contribution >= 4 is 5.91 Å². The normalized spacial score (nSPS) is 19.0. The molecule has 1 amide bonds. The van der Waals surface area contributed by atoms with Gasteiger partial charge in [-0.05, 0) is 50.5 Å². The fourth-order valence-corrected chi connectivity index (χ4v) is 4.64. The molecule has 1 atom stereocenters. The Morgan fingerprint density at radius 1 is 1.13 bits per heavy atom. The van der Waals surface area contributed by atoms with Gasteiger partial charge in [-0.3, -0.25) is 4.79 Å². The summed E-state index contributed by atoms with van der Waals surface area (Å²) in [6.07, 6.45) is 6.67. The molecule has 156 valence electrons. The molecule has 1 unspecified atom stereocenters. The molecule has 1 fully saturated rings. The monoisotopic (exact) mass is 406 g/mol. The highest BCUT2D eigenvalue weighted by molar-refractivity contribution is 5.94. The van der Waals surface area contributed by atoms with Gasteiger partial charge < -0.3 is 13.9 Å². The van der Waals surface area contributed by atoms with E-state index in [1.807, 2.05) is 36.1 Å². The minimum Gasteiger partial charge on any atom is -0.360 e. The van der Waals surface area contributed by atoms with E-state index in [1.54, 1.807) is 0 Å². The van der Waals surface area contributed by atoms with Gasteiger partial charge in [0.15, 0.2) is 5.69 Å². The molecule has 0 bridgehead atoms. The zero-order valence-electron chi connectivity index (χ0n) is 17.3. The highest BCUT2D eigenvalue weighted by atomic mass is 16.5. The first-order valence-corrected chi connectivity index (χ1v) is 10.8. The predicted octanol–water partition coefficient (Wildman–Crippen LogP) is 4.01. The number of aromatic nitrogens is 3. The fourth-order valence-electron chi connectivity index (χ4n) is 4.64. The van der Waals surface area contributed by atoms with Crippen LogP contribution in [0.5, 0.6) is 0 Å². The highest BCUT2D eigenvalue weighted by Crippen LogP contribution is 2.28. The predicted molar refractivity (Wildman–Crippen MR) is 110 cm³/mol. The van der Waals surface area contributed by atoms with Crippen molar-refractivity contribution in [3.63, 3.8) is 0 Å². The maximum atomic E-state index is 13.1. The molecular weight excluding hydrogens is 380 g/mol. The van der Waals surface area contributed by atoms with Gasteiger partial charge in [-0.1, -0.05) is 34.6 Å². The molecular formula is C23H26N4O3. The number of aryl methyl sites for hydroxylation is 2. The minimum absolute atomic E-state index is 0.00210. The van der Waals surface area contributed by atoms with Crippen LogP contribution < -0.4 is 0 Å². The summed E-state index contributed by atoms with van der Waals surface area (Å²) < 4.78 is 11.0. The minimum atomic E-state index is -0.00210. The molecule has 1 saturated heterocycles. The van der Waals surface area contributed by atoms with Gasteiger partial charge in [-0.25, -0.2) is 0 Å². The lowest BCUT2D eigenvalue weighted by Gasteiger charge is -2.31. The quantitative estimate of drug-likeness (QED) is 0.651. The van der Waals surface area contributed by atoms with Gasteiger partial charge in [0.25, 0.3) is 5.91 Å². The lowest BCUT2D eigenvalue weighted by molar-refractivity contribution is 0.0656. The van der Waals surface area contributed by atoms with Gasteiger partial charge in [0, 0.05) is 37.1 Å². The summed E-state index contributed by atoms with van der Waals surface area (Å²) in [4.78, 5) is 19.6. The molecule has 0 radical (unpaired) electrons. The van der Waals surface area contributed by atoms with Gasteiger partial charge in [-0.2, -0.15) is 4.98 Å². The largest absolute Gasteiger partial charge is 0.360 e. The van der Waals surface area contributed by atoms with E-state index in [2.05, 4.69) is 15.3 Å². The molecule has 7 heteroatoms. The maximum Gasteiger partial charge on any atom is 0.276 e. The molecule has 1 aliphatic carbocycles. The molecule has 3 heterocycles. The summed E-state index contributed by atoms with van der Waals surface area (Å²) in [6.45, 7) is 3.48. The summed E-state index contributed by atoms with van der Waals surface area (Å²) in [5, 5.41) is 8.29. The summed E-state index contributed by atoms with van der Waals surface area (Å²) in [6, 6.07) is 8.02. The van der Waals surface area contributed by atoms with E-state index in [0.29, 0.717) is 36.3 Å². The van der Waals surface area contributed by atoms with Crippen molar-refractivity contribution in [1.82, 2.24) is 20.2 Å². The number of amides is 1. The Morgan fingerprint density at radius 2 is 2.00 bits per heavy atom. The van der Waals surface area contributed by atoms with Gasteiger partial charge in [0.1, 0.15) is 5.76 Å². The average Bonchev–Trinajstić information content (AvgIpc) is 3.41. The molecule has 1 aliphatic heterocycles. The van der Waals surface area contributed by atoms with Gasteiger partial charge in [0.2, 0.25) is 11.7 Å². The van der Waals surface area contributed by atoms with E-state index in [9.17, 15) is 4.79 Å². The number of rotatable bonds is 4. The van der Waals surface area contributed by atoms with E-state index in [0.717, 1.165) is 67.5 Å². The number of carbonyl (C=O) groups is 1. The van der Waals surface area contributed by atoms with Crippen LogP contribution in [0.1, 0.15) is 58.9 Å². The van der Waals surface area contributed by atoms with Crippen molar-refractivity contribution < 1.29 is 13.8 Å². The standard InChI is InChI=1S/C23H26N4O3/c1-15-7-2-3-9-17(15)22-24-20(30-26-22)13-16-8-6-12-27(14-16)23(28)21-18-10-4-5-11-19(18)29-25-21/h2-3,7,9,16H,4-6,8,10-14H2,1H3. The van der Waals surface area contributed by atoms with E-state index < -0.39 is 0 Å². The smallest absolute Gasteiger partial charge is 0.276 e. The number of hydrogen-bond donors (Lipinski definition) is 0. The first kappa shape index (κ1) is 19.0. The molecule has 0 spiro atoms. The molecule has 2 aliphatic rings. The number of nitrogens with zero attached hydrogens (tertiary/aromatic N) is 4. The van der Waals surface area contributed by atoms with Crippen molar-refractivity contribution in [2.45, 2.75) is 51.9 Å². The maximum absolute atomic E-state index is 13.1. The van der Waals surface area contributed by atoms with E-state index in [1.165, 1.54) is 0 Å². The van der Waals surface area contributed by atoms with Crippen LogP contribution in [0, 0.1) is 12.8 Å². The average molecular weight is 406 g/mol. The van der Waals surface area contributed by atoms with Crippen molar-refractivity contribution in [1.29, 1.82) is 0 Å². The van der Waals surface area contributed by atoms with Crippen LogP contribution in [-0.2, 0) is 19.3 Å². The van der Waals surface area contributed by atoms with Crippen LogP contribution in [0.25, 0.3) is 11.4 Å². The van der Waals surface area contributed by atoms with Crippen molar-refractivity contribution in [3.8, 4) is 11.4 Å². The van der Waals surface area contributed by atoms with Gasteiger partial charge >= 0.3 is 0 Å². The Labute approximate surface area is 175 Å². The zero-order valence-corrected chi connectivity index (χ0v) is 17.3. The molecule has 3 aromatic rings. The Balaban J connectivity index is 1.27. The number of carbonyl (C=O) groups excluding carboxylic acids is 1. The van der Waals surface area contributed by atoms with Crippen LogP contribution >= 0.6 is 0 Å². The Morgan fingerprint density at radius 3 is 2.90 bits per heavy atom. The van der Waals surface area contributed by atoms with Crippen LogP contribution in [0.4, 0.5) is 0 Å². The second kappa shape index (κ2) is 8.05. The second-order valence-corrected chi connectivity index (χ2v) is 8.43. The van der Waals surface area contributed by atoms with Crippen LogP contribution in [0.15, 0.2) is 33.3 Å². The molecule has 1 aromatic carbocycles. The lowest BCUT2D eigenvalue weighted by atomic mass is 9.93. The summed E-state index contributed by atoms with van der Waals surface area (Å²) in [7, 11) is 0. The number of likely N-dealkylation sites (tertiary alicyclic amines) is 1. The number of fused-ring (bicyclic) bond motifs is 1. The molecule has 7 nitrogen and oxygen atoms in total. The third kappa shape index (κ3) is 3.64. The topological polar surface area (TPSA) is 85.3 Å². The molecule has 0 saturated carbocycles. The van der Waals surface area contributed by atoms with E-state index in [-0.39, 0.29) is 5.91 Å². The molecule has 30 heavy (non-hydrogen) atoms. The van der Waals surface area contributed by atoms with Crippen molar-refractivity contribution in [3.05, 3.63) is 52.7 Å². The first-order valence-electron chi connectivity index (χ1n) is 10.8. The molecule has 5 rings (SSSR count). The lowest BCUT2D eigenvalue weighted by Crippen LogP contribution is -2.41. The van der Waals surface area contributed by atoms with Gasteiger partial charge in [0.05, 0.1) is 0 Å². The second-order valence-electron chi connectivity index (χ2n) is 8.43. The van der Waals surface area contributed by atoms with Gasteiger partial charge in [-0.15, -0.1) is 0 Å². The van der Waals surface area contributed by atoms with Crippen LogP contribution in [0.3, 0.4) is 0 Å². The third-order valence-electron chi connectivity index (χ3n) is 6.28. The van der Waals surface area contributed by atoms with Crippen molar-refractivity contribution in [2.24, 2.45) is 5.92 Å².